The van der Waals surface area contributed by atoms with Gasteiger partial charge in [-0.05, 0) is 43.0 Å². The van der Waals surface area contributed by atoms with E-state index in [4.69, 9.17) is 0 Å². The highest BCUT2D eigenvalue weighted by atomic mass is 19.1. The number of anilines is 1. The van der Waals surface area contributed by atoms with Gasteiger partial charge in [-0.15, -0.1) is 0 Å². The van der Waals surface area contributed by atoms with Gasteiger partial charge in [0.25, 0.3) is 5.62 Å². The molecule has 0 atom stereocenters. The fraction of sp³-hybridized carbons (Fsp3) is 0.250. The maximum absolute atomic E-state index is 13.8. The van der Waals surface area contributed by atoms with Crippen LogP contribution >= 0.6 is 0 Å². The number of aromatic hydroxyl groups is 1. The second-order valence-corrected chi connectivity index (χ2v) is 7.47. The van der Waals surface area contributed by atoms with E-state index in [1.807, 2.05) is 6.07 Å². The Morgan fingerprint density at radius 3 is 2.90 bits per heavy atom. The zero-order valence-electron chi connectivity index (χ0n) is 16.6. The Morgan fingerprint density at radius 1 is 1.35 bits per heavy atom. The van der Waals surface area contributed by atoms with E-state index in [0.717, 1.165) is 18.4 Å². The maximum Gasteiger partial charge on any atom is 0.326 e. The van der Waals surface area contributed by atoms with Crippen molar-refractivity contribution in [2.45, 2.75) is 32.4 Å². The fourth-order valence-electron chi connectivity index (χ4n) is 3.09. The largest absolute Gasteiger partial charge is 0.493 e. The minimum absolute atomic E-state index is 0.207. The number of halogens is 1. The molecule has 31 heavy (non-hydrogen) atoms. The predicted octanol–water partition coefficient (Wildman–Crippen LogP) is 0.517. The normalized spacial score (nSPS) is 15.2. The van der Waals surface area contributed by atoms with Crippen molar-refractivity contribution in [2.75, 3.05) is 5.32 Å². The Balaban J connectivity index is 1.57. The molecular weight excluding hydrogens is 403 g/mol. The van der Waals surface area contributed by atoms with Gasteiger partial charge in [-0.1, -0.05) is 12.1 Å². The van der Waals surface area contributed by atoms with Crippen molar-refractivity contribution in [3.63, 3.8) is 0 Å². The third-order valence-electron chi connectivity index (χ3n) is 4.95. The summed E-state index contributed by atoms with van der Waals surface area (Å²) in [5.41, 5.74) is 1.88. The number of imidazole rings is 1. The van der Waals surface area contributed by atoms with Gasteiger partial charge in [-0.25, -0.2) is 14.2 Å². The van der Waals surface area contributed by atoms with E-state index >= 15 is 0 Å². The molecule has 0 radical (unpaired) electrons. The molecule has 1 fully saturated rings. The number of aryl methyl sites for hydroxylation is 1. The zero-order chi connectivity index (χ0) is 21.5. The minimum atomic E-state index is -0.521. The van der Waals surface area contributed by atoms with Crippen molar-refractivity contribution in [3.8, 4) is 5.88 Å². The lowest BCUT2D eigenvalue weighted by Crippen LogP contribution is -2.24. The molecule has 1 aliphatic carbocycles. The second kappa shape index (κ2) is 7.35. The molecule has 0 unspecified atom stereocenters. The van der Waals surface area contributed by atoms with Gasteiger partial charge in [0.2, 0.25) is 11.8 Å². The number of nitrogens with one attached hydrogen (secondary N) is 3. The first-order valence-corrected chi connectivity index (χ1v) is 9.78. The van der Waals surface area contributed by atoms with Gasteiger partial charge in [0.15, 0.2) is 5.65 Å². The lowest BCUT2D eigenvalue weighted by Gasteiger charge is -2.06. The minimum Gasteiger partial charge on any atom is -0.493 e. The summed E-state index contributed by atoms with van der Waals surface area (Å²) in [6.07, 6.45) is 5.10. The highest BCUT2D eigenvalue weighted by Gasteiger charge is 2.21. The van der Waals surface area contributed by atoms with E-state index in [9.17, 15) is 14.3 Å². The number of rotatable bonds is 5. The highest BCUT2D eigenvalue weighted by Crippen LogP contribution is 2.22. The smallest absolute Gasteiger partial charge is 0.326 e. The first-order chi connectivity index (χ1) is 15.0. The van der Waals surface area contributed by atoms with E-state index in [-0.39, 0.29) is 23.4 Å². The number of aromatic amines is 2. The number of aromatic nitrogens is 6. The molecule has 0 bridgehead atoms. The Bertz CT molecular complexity index is 1460. The fourth-order valence-corrected chi connectivity index (χ4v) is 3.09. The van der Waals surface area contributed by atoms with Crippen molar-refractivity contribution >= 4 is 17.7 Å². The summed E-state index contributed by atoms with van der Waals surface area (Å²) in [6.45, 7) is 2.04. The number of H-pyrrole nitrogens is 2. The molecule has 158 valence electrons. The van der Waals surface area contributed by atoms with E-state index in [2.05, 4.69) is 35.3 Å². The van der Waals surface area contributed by atoms with Crippen molar-refractivity contribution in [2.24, 2.45) is 4.99 Å². The lowest BCUT2D eigenvalue weighted by atomic mass is 10.1. The SMILES string of the molecule is Cc1ccc(CNc2nc(=NC3CC3)n3ncc(=Cc4[nH]c(=O)[nH]c4O)c3n2)cc1F. The summed E-state index contributed by atoms with van der Waals surface area (Å²) in [4.78, 5) is 29.8. The molecule has 0 amide bonds. The first kappa shape index (κ1) is 19.0. The number of nitrogens with zero attached hydrogens (tertiary/aromatic N) is 5. The number of benzene rings is 1. The molecule has 10 nitrogen and oxygen atoms in total. The van der Waals surface area contributed by atoms with Crippen LogP contribution in [0.15, 0.2) is 34.2 Å². The monoisotopic (exact) mass is 422 g/mol. The Kier molecular flexibility index (Phi) is 4.50. The van der Waals surface area contributed by atoms with Crippen LogP contribution in [0.2, 0.25) is 0 Å². The molecule has 1 saturated carbocycles. The lowest BCUT2D eigenvalue weighted by molar-refractivity contribution is 0.454. The molecule has 3 heterocycles. The van der Waals surface area contributed by atoms with Crippen molar-refractivity contribution in [3.05, 3.63) is 68.4 Å². The zero-order valence-corrected chi connectivity index (χ0v) is 16.6. The molecule has 3 aromatic heterocycles. The molecule has 5 rings (SSSR count). The Labute approximate surface area is 174 Å². The van der Waals surface area contributed by atoms with Gasteiger partial charge in [0.1, 0.15) is 11.5 Å². The van der Waals surface area contributed by atoms with E-state index in [1.165, 1.54) is 10.6 Å². The summed E-state index contributed by atoms with van der Waals surface area (Å²) in [5, 5.41) is 17.8. The van der Waals surface area contributed by atoms with Gasteiger partial charge >= 0.3 is 5.69 Å². The topological polar surface area (TPSA) is 136 Å². The van der Waals surface area contributed by atoms with Gasteiger partial charge in [0, 0.05) is 11.8 Å². The van der Waals surface area contributed by atoms with Crippen LogP contribution in [-0.4, -0.2) is 40.7 Å². The average Bonchev–Trinajstić information content (AvgIpc) is 3.37. The summed E-state index contributed by atoms with van der Waals surface area (Å²) >= 11 is 0. The third-order valence-corrected chi connectivity index (χ3v) is 4.95. The summed E-state index contributed by atoms with van der Waals surface area (Å²) in [6, 6.07) is 5.24. The highest BCUT2D eigenvalue weighted by molar-refractivity contribution is 5.57. The standard InChI is InChI=1S/C20H19FN8O2/c1-10-2-3-11(6-14(10)21)8-22-18-26-16-12(7-15-17(30)27-20(31)25-15)9-23-29(16)19(28-18)24-13-4-5-13/h2-3,6-7,9,13,30H,4-5,8H2,1H3,(H,22,24,28)(H2,25,27,31). The van der Waals surface area contributed by atoms with E-state index < -0.39 is 5.69 Å². The second-order valence-electron chi connectivity index (χ2n) is 7.47. The average molecular weight is 422 g/mol. The van der Waals surface area contributed by atoms with Crippen LogP contribution in [0.3, 0.4) is 0 Å². The summed E-state index contributed by atoms with van der Waals surface area (Å²) in [7, 11) is 0. The number of fused-ring (bicyclic) bond motifs is 1. The molecule has 0 saturated heterocycles. The van der Waals surface area contributed by atoms with Crippen LogP contribution in [0.4, 0.5) is 10.3 Å². The van der Waals surface area contributed by atoms with Crippen LogP contribution < -0.4 is 21.8 Å². The molecule has 4 N–H and O–H groups in total. The predicted molar refractivity (Wildman–Crippen MR) is 110 cm³/mol. The number of hydrogen-bond acceptors (Lipinski definition) is 7. The van der Waals surface area contributed by atoms with Crippen molar-refractivity contribution < 1.29 is 9.50 Å². The maximum atomic E-state index is 13.8. The van der Waals surface area contributed by atoms with E-state index in [0.29, 0.717) is 34.5 Å². The molecular formula is C20H19FN8O2. The van der Waals surface area contributed by atoms with Crippen LogP contribution in [-0.2, 0) is 6.54 Å². The quantitative estimate of drug-likeness (QED) is 0.370. The van der Waals surface area contributed by atoms with Crippen molar-refractivity contribution in [1.82, 2.24) is 29.5 Å². The summed E-state index contributed by atoms with van der Waals surface area (Å²) in [5.74, 6) is -0.232. The van der Waals surface area contributed by atoms with Crippen LogP contribution in [0.1, 0.15) is 29.7 Å². The van der Waals surface area contributed by atoms with Crippen LogP contribution in [0.25, 0.3) is 11.7 Å². The number of hydrogen-bond donors (Lipinski definition) is 4. The van der Waals surface area contributed by atoms with Crippen LogP contribution in [0, 0.1) is 12.7 Å². The molecule has 11 heteroatoms. The molecule has 0 spiro atoms. The first-order valence-electron chi connectivity index (χ1n) is 9.78. The molecule has 1 aromatic carbocycles. The van der Waals surface area contributed by atoms with Crippen molar-refractivity contribution in [1.29, 1.82) is 0 Å². The van der Waals surface area contributed by atoms with Gasteiger partial charge in [0.05, 0.1) is 12.2 Å². The molecule has 1 aliphatic rings. The third kappa shape index (κ3) is 3.89. The van der Waals surface area contributed by atoms with Gasteiger partial charge in [-0.2, -0.15) is 19.6 Å². The van der Waals surface area contributed by atoms with E-state index in [1.54, 1.807) is 25.3 Å². The van der Waals surface area contributed by atoms with Gasteiger partial charge < -0.3 is 15.4 Å². The summed E-state index contributed by atoms with van der Waals surface area (Å²) < 4.78 is 15.4. The Hall–Kier alpha value is -4.02. The Morgan fingerprint density at radius 2 is 2.19 bits per heavy atom. The van der Waals surface area contributed by atoms with Crippen LogP contribution in [0.5, 0.6) is 5.88 Å². The molecule has 4 aromatic rings. The molecule has 0 aliphatic heterocycles. The van der Waals surface area contributed by atoms with Gasteiger partial charge in [-0.3, -0.25) is 4.98 Å².